The van der Waals surface area contributed by atoms with Gasteiger partial charge in [-0.2, -0.15) is 0 Å². The van der Waals surface area contributed by atoms with Crippen LogP contribution in [0.25, 0.3) is 10.2 Å². The van der Waals surface area contributed by atoms with Crippen molar-refractivity contribution >= 4 is 27.5 Å². The fraction of sp³-hybridized carbons (Fsp3) is 0.381. The van der Waals surface area contributed by atoms with E-state index in [2.05, 4.69) is 0 Å². The fourth-order valence-electron chi connectivity index (χ4n) is 3.34. The third-order valence-corrected chi connectivity index (χ3v) is 6.17. The smallest absolute Gasteiger partial charge is 0.332 e. The highest BCUT2D eigenvalue weighted by molar-refractivity contribution is 7.18. The molecule has 166 valence electrons. The summed E-state index contributed by atoms with van der Waals surface area (Å²) in [5.74, 6) is -1.27. The van der Waals surface area contributed by atoms with Crippen molar-refractivity contribution < 1.29 is 24.4 Å². The number of methoxy groups -OCH3 is 1. The lowest BCUT2D eigenvalue weighted by Crippen LogP contribution is -2.42. The maximum absolute atomic E-state index is 13.2. The summed E-state index contributed by atoms with van der Waals surface area (Å²) in [5, 5.41) is 9.53. The van der Waals surface area contributed by atoms with Crippen LogP contribution in [-0.2, 0) is 39.0 Å². The molecule has 1 aromatic carbocycles. The number of ether oxygens (including phenoxy) is 1. The van der Waals surface area contributed by atoms with E-state index in [9.17, 15) is 19.5 Å². The molecule has 0 amide bonds. The molecule has 0 aliphatic carbocycles. The van der Waals surface area contributed by atoms with Gasteiger partial charge in [-0.05, 0) is 25.0 Å². The third-order valence-electron chi connectivity index (χ3n) is 4.88. The van der Waals surface area contributed by atoms with E-state index < -0.39 is 29.9 Å². The first kappa shape index (κ1) is 22.9. The van der Waals surface area contributed by atoms with Crippen molar-refractivity contribution in [3.05, 3.63) is 67.2 Å². The average molecular weight is 448 g/mol. The predicted molar refractivity (Wildman–Crippen MR) is 115 cm³/mol. The van der Waals surface area contributed by atoms with Crippen LogP contribution in [0.5, 0.6) is 0 Å². The van der Waals surface area contributed by atoms with Crippen molar-refractivity contribution in [2.24, 2.45) is 0 Å². The summed E-state index contributed by atoms with van der Waals surface area (Å²) in [6, 6.07) is 9.36. The highest BCUT2D eigenvalue weighted by Gasteiger charge is 2.23. The number of aliphatic carboxylic acids is 1. The number of carboxylic acids is 1. The molecule has 0 radical (unpaired) electrons. The number of rotatable bonds is 10. The largest absolute Gasteiger partial charge is 0.480 e. The van der Waals surface area contributed by atoms with E-state index in [1.54, 1.807) is 13.8 Å². The Bertz CT molecular complexity index is 1180. The molecule has 2 heterocycles. The maximum atomic E-state index is 13.2. The number of nitrogens with zero attached hydrogens (tertiary/aromatic N) is 2. The SMILES string of the molecule is CCOOCc1sc2c(c1C)c(=O)n(CC(=O)O)c(=O)n2CC(OC)c1ccccc1. The molecular weight excluding hydrogens is 424 g/mol. The first-order valence-electron chi connectivity index (χ1n) is 9.68. The number of hydrogen-bond donors (Lipinski definition) is 1. The second-order valence-corrected chi connectivity index (χ2v) is 7.90. The summed E-state index contributed by atoms with van der Waals surface area (Å²) in [6.07, 6.45) is -0.469. The maximum Gasteiger partial charge on any atom is 0.332 e. The number of benzene rings is 1. The van der Waals surface area contributed by atoms with Gasteiger partial charge in [0.05, 0.1) is 18.5 Å². The Labute approximate surface area is 182 Å². The first-order chi connectivity index (χ1) is 14.9. The van der Waals surface area contributed by atoms with Crippen LogP contribution in [0, 0.1) is 6.92 Å². The summed E-state index contributed by atoms with van der Waals surface area (Å²) in [6.45, 7) is 3.40. The Balaban J connectivity index is 2.20. The number of aromatic nitrogens is 2. The lowest BCUT2D eigenvalue weighted by atomic mass is 10.1. The van der Waals surface area contributed by atoms with Gasteiger partial charge in [0.1, 0.15) is 24.1 Å². The monoisotopic (exact) mass is 448 g/mol. The van der Waals surface area contributed by atoms with Crippen molar-refractivity contribution in [1.82, 2.24) is 9.13 Å². The Hall–Kier alpha value is -2.79. The highest BCUT2D eigenvalue weighted by atomic mass is 32.1. The van der Waals surface area contributed by atoms with Gasteiger partial charge < -0.3 is 9.84 Å². The quantitative estimate of drug-likeness (QED) is 0.288. The molecule has 0 bridgehead atoms. The molecule has 0 saturated heterocycles. The van der Waals surface area contributed by atoms with E-state index in [4.69, 9.17) is 14.5 Å². The molecule has 10 heteroatoms. The van der Waals surface area contributed by atoms with Crippen molar-refractivity contribution in [3.8, 4) is 0 Å². The van der Waals surface area contributed by atoms with Crippen molar-refractivity contribution in [2.75, 3.05) is 13.7 Å². The van der Waals surface area contributed by atoms with Gasteiger partial charge in [-0.25, -0.2) is 19.1 Å². The fourth-order valence-corrected chi connectivity index (χ4v) is 4.54. The standard InChI is InChI=1S/C21H24N2O7S/c1-4-29-30-12-16-13(2)18-19(26)22(11-17(24)25)21(27)23(20(18)31-16)10-15(28-3)14-8-6-5-7-9-14/h5-9,15H,4,10-12H2,1-3H3,(H,24,25). The Kier molecular flexibility index (Phi) is 7.39. The Morgan fingerprint density at radius 2 is 1.87 bits per heavy atom. The Morgan fingerprint density at radius 3 is 2.48 bits per heavy atom. The van der Waals surface area contributed by atoms with Crippen LogP contribution < -0.4 is 11.2 Å². The number of thiophene rings is 1. The lowest BCUT2D eigenvalue weighted by molar-refractivity contribution is -0.300. The van der Waals surface area contributed by atoms with Crippen molar-refractivity contribution in [2.45, 2.75) is 39.6 Å². The van der Waals surface area contributed by atoms with Gasteiger partial charge in [0, 0.05) is 12.0 Å². The number of aryl methyl sites for hydroxylation is 1. The molecule has 31 heavy (non-hydrogen) atoms. The molecule has 0 saturated carbocycles. The molecule has 9 nitrogen and oxygen atoms in total. The third kappa shape index (κ3) is 4.77. The van der Waals surface area contributed by atoms with Gasteiger partial charge in [-0.1, -0.05) is 30.3 Å². The summed E-state index contributed by atoms with van der Waals surface area (Å²) in [4.78, 5) is 48.8. The number of carbonyl (C=O) groups is 1. The number of hydrogen-bond acceptors (Lipinski definition) is 7. The minimum Gasteiger partial charge on any atom is -0.480 e. The van der Waals surface area contributed by atoms with Gasteiger partial charge in [0.15, 0.2) is 0 Å². The molecule has 3 rings (SSSR count). The van der Waals surface area contributed by atoms with Gasteiger partial charge in [0.2, 0.25) is 0 Å². The van der Waals surface area contributed by atoms with Gasteiger partial charge in [0.25, 0.3) is 5.56 Å². The summed E-state index contributed by atoms with van der Waals surface area (Å²) in [5.41, 5.74) is 0.153. The predicted octanol–water partition coefficient (Wildman–Crippen LogP) is 2.47. The zero-order valence-corrected chi connectivity index (χ0v) is 18.3. The van der Waals surface area contributed by atoms with E-state index in [1.807, 2.05) is 30.3 Å². The van der Waals surface area contributed by atoms with Gasteiger partial charge in [-0.15, -0.1) is 11.3 Å². The van der Waals surface area contributed by atoms with Crippen molar-refractivity contribution in [1.29, 1.82) is 0 Å². The molecule has 1 N–H and O–H groups in total. The van der Waals surface area contributed by atoms with E-state index in [0.29, 0.717) is 22.4 Å². The van der Waals surface area contributed by atoms with E-state index in [-0.39, 0.29) is 13.2 Å². The Morgan fingerprint density at radius 1 is 1.16 bits per heavy atom. The van der Waals surface area contributed by atoms with Crippen molar-refractivity contribution in [3.63, 3.8) is 0 Å². The van der Waals surface area contributed by atoms with Crippen LogP contribution in [0.2, 0.25) is 0 Å². The average Bonchev–Trinajstić information content (AvgIpc) is 3.08. The van der Waals surface area contributed by atoms with E-state index in [0.717, 1.165) is 15.0 Å². The van der Waals surface area contributed by atoms with Crippen LogP contribution in [0.4, 0.5) is 0 Å². The van der Waals surface area contributed by atoms with Crippen LogP contribution in [-0.4, -0.2) is 33.9 Å². The highest BCUT2D eigenvalue weighted by Crippen LogP contribution is 2.30. The summed E-state index contributed by atoms with van der Waals surface area (Å²) in [7, 11) is 1.54. The molecule has 0 spiro atoms. The number of fused-ring (bicyclic) bond motifs is 1. The normalized spacial score (nSPS) is 12.4. The van der Waals surface area contributed by atoms with Crippen LogP contribution in [0.1, 0.15) is 29.0 Å². The summed E-state index contributed by atoms with van der Waals surface area (Å²) >= 11 is 1.25. The molecule has 0 aliphatic heterocycles. The molecule has 2 aromatic heterocycles. The lowest BCUT2D eigenvalue weighted by Gasteiger charge is -2.18. The topological polar surface area (TPSA) is 109 Å². The van der Waals surface area contributed by atoms with Crippen LogP contribution in [0.3, 0.4) is 0 Å². The molecule has 1 unspecified atom stereocenters. The molecule has 0 aliphatic rings. The van der Waals surface area contributed by atoms with Crippen LogP contribution >= 0.6 is 11.3 Å². The van der Waals surface area contributed by atoms with Gasteiger partial charge in [-0.3, -0.25) is 14.2 Å². The zero-order chi connectivity index (χ0) is 22.5. The minimum absolute atomic E-state index is 0.109. The second-order valence-electron chi connectivity index (χ2n) is 6.81. The van der Waals surface area contributed by atoms with Gasteiger partial charge >= 0.3 is 11.7 Å². The molecule has 1 atom stereocenters. The number of carboxylic acid groups (broad SMARTS) is 1. The van der Waals surface area contributed by atoms with Crippen LogP contribution in [0.15, 0.2) is 39.9 Å². The first-order valence-corrected chi connectivity index (χ1v) is 10.5. The molecule has 0 fully saturated rings. The molecule has 3 aromatic rings. The molecular formula is C21H24N2O7S. The summed E-state index contributed by atoms with van der Waals surface area (Å²) < 4.78 is 7.76. The van der Waals surface area contributed by atoms with E-state index >= 15 is 0 Å². The zero-order valence-electron chi connectivity index (χ0n) is 17.5. The minimum atomic E-state index is -1.27. The second kappa shape index (κ2) is 10.0. The van der Waals surface area contributed by atoms with E-state index in [1.165, 1.54) is 23.0 Å².